The van der Waals surface area contributed by atoms with Crippen LogP contribution < -0.4 is 0 Å². The maximum atomic E-state index is 13.2. The Morgan fingerprint density at radius 3 is 1.29 bits per heavy atom. The first-order valence-corrected chi connectivity index (χ1v) is 10.9. The van der Waals surface area contributed by atoms with Crippen LogP contribution in [0.15, 0.2) is 97.1 Å². The molecule has 0 saturated heterocycles. The molecule has 0 saturated carbocycles. The summed E-state index contributed by atoms with van der Waals surface area (Å²) in [4.78, 5) is 26.5. The van der Waals surface area contributed by atoms with Crippen LogP contribution in [0.1, 0.15) is 31.8 Å². The average Bonchev–Trinajstić information content (AvgIpc) is 2.79. The second kappa shape index (κ2) is 9.15. The summed E-state index contributed by atoms with van der Waals surface area (Å²) in [6.45, 7) is 3.97. The molecule has 0 spiro atoms. The van der Waals surface area contributed by atoms with Crippen LogP contribution in [-0.4, -0.2) is 10.2 Å². The van der Waals surface area contributed by atoms with E-state index in [0.29, 0.717) is 11.1 Å². The van der Waals surface area contributed by atoms with Gasteiger partial charge < -0.3 is 0 Å². The third-order valence-corrected chi connectivity index (χ3v) is 6.11. The summed E-state index contributed by atoms with van der Waals surface area (Å²) in [5.41, 5.74) is 6.81. The molecule has 4 aromatic rings. The Bertz CT molecular complexity index is 1150. The van der Waals surface area contributed by atoms with E-state index in [9.17, 15) is 9.59 Å². The molecule has 31 heavy (non-hydrogen) atoms. The standard InChI is InChI=1S/C28H22O2S/c1-19-11-9-17-23(25(19)21-13-5-3-6-14-21)27(29)31-28(30)24-18-10-12-20(2)26(24)22-15-7-4-8-16-22/h3-18H,1-2H3. The van der Waals surface area contributed by atoms with E-state index in [4.69, 9.17) is 0 Å². The molecule has 0 amide bonds. The van der Waals surface area contributed by atoms with Gasteiger partial charge in [0.05, 0.1) is 0 Å². The fourth-order valence-electron chi connectivity index (χ4n) is 3.85. The van der Waals surface area contributed by atoms with Gasteiger partial charge in [0.2, 0.25) is 10.2 Å². The molecule has 0 aromatic heterocycles. The molecule has 0 aliphatic carbocycles. The molecule has 0 aliphatic heterocycles. The zero-order valence-corrected chi connectivity index (χ0v) is 18.3. The Morgan fingerprint density at radius 2 is 0.903 bits per heavy atom. The fraction of sp³-hybridized carbons (Fsp3) is 0.0714. The fourth-order valence-corrected chi connectivity index (χ4v) is 4.57. The van der Waals surface area contributed by atoms with Crippen LogP contribution in [0.4, 0.5) is 0 Å². The summed E-state index contributed by atoms with van der Waals surface area (Å²) in [5, 5.41) is -0.485. The molecule has 0 bridgehead atoms. The van der Waals surface area contributed by atoms with E-state index in [0.717, 1.165) is 45.1 Å². The van der Waals surface area contributed by atoms with Crippen LogP contribution in [0.2, 0.25) is 0 Å². The third kappa shape index (κ3) is 4.37. The van der Waals surface area contributed by atoms with E-state index in [1.165, 1.54) is 0 Å². The number of aryl methyl sites for hydroxylation is 2. The maximum Gasteiger partial charge on any atom is 0.227 e. The Kier molecular flexibility index (Phi) is 6.15. The molecule has 0 unspecified atom stereocenters. The normalized spacial score (nSPS) is 10.6. The number of hydrogen-bond donors (Lipinski definition) is 0. The van der Waals surface area contributed by atoms with Crippen molar-refractivity contribution in [2.75, 3.05) is 0 Å². The molecule has 4 aromatic carbocycles. The lowest BCUT2D eigenvalue weighted by Gasteiger charge is -2.14. The number of carbonyl (C=O) groups excluding carboxylic acids is 2. The van der Waals surface area contributed by atoms with Crippen molar-refractivity contribution in [3.63, 3.8) is 0 Å². The first kappa shape index (κ1) is 20.8. The van der Waals surface area contributed by atoms with Gasteiger partial charge in [-0.2, -0.15) is 0 Å². The minimum atomic E-state index is -0.243. The minimum Gasteiger partial charge on any atom is -0.281 e. The van der Waals surface area contributed by atoms with Crippen LogP contribution in [0.25, 0.3) is 22.3 Å². The van der Waals surface area contributed by atoms with Gasteiger partial charge in [0.1, 0.15) is 0 Å². The van der Waals surface area contributed by atoms with Crippen LogP contribution >= 0.6 is 11.8 Å². The molecular weight excluding hydrogens is 400 g/mol. The highest BCUT2D eigenvalue weighted by atomic mass is 32.2. The lowest BCUT2D eigenvalue weighted by molar-refractivity contribution is 0.106. The third-order valence-electron chi connectivity index (χ3n) is 5.30. The van der Waals surface area contributed by atoms with E-state index < -0.39 is 0 Å². The highest BCUT2D eigenvalue weighted by Gasteiger charge is 2.22. The molecular formula is C28H22O2S. The average molecular weight is 423 g/mol. The molecule has 0 N–H and O–H groups in total. The van der Waals surface area contributed by atoms with E-state index in [1.807, 2.05) is 98.8 Å². The molecule has 4 rings (SSSR count). The molecule has 0 atom stereocenters. The van der Waals surface area contributed by atoms with Crippen molar-refractivity contribution in [3.05, 3.63) is 119 Å². The van der Waals surface area contributed by atoms with E-state index in [2.05, 4.69) is 0 Å². The summed E-state index contributed by atoms with van der Waals surface area (Å²) in [6, 6.07) is 30.9. The largest absolute Gasteiger partial charge is 0.281 e. The van der Waals surface area contributed by atoms with E-state index >= 15 is 0 Å². The minimum absolute atomic E-state index is 0.243. The van der Waals surface area contributed by atoms with Crippen LogP contribution in [0.3, 0.4) is 0 Å². The highest BCUT2D eigenvalue weighted by Crippen LogP contribution is 2.34. The van der Waals surface area contributed by atoms with Crippen molar-refractivity contribution in [2.24, 2.45) is 0 Å². The van der Waals surface area contributed by atoms with E-state index in [1.54, 1.807) is 12.1 Å². The Morgan fingerprint density at radius 1 is 0.516 bits per heavy atom. The lowest BCUT2D eigenvalue weighted by atomic mass is 9.95. The van der Waals surface area contributed by atoms with Crippen molar-refractivity contribution in [1.29, 1.82) is 0 Å². The van der Waals surface area contributed by atoms with Gasteiger partial charge in [-0.25, -0.2) is 0 Å². The van der Waals surface area contributed by atoms with Crippen molar-refractivity contribution in [3.8, 4) is 22.3 Å². The smallest absolute Gasteiger partial charge is 0.227 e. The highest BCUT2D eigenvalue weighted by molar-refractivity contribution is 8.27. The van der Waals surface area contributed by atoms with Crippen LogP contribution in [-0.2, 0) is 0 Å². The molecule has 0 aliphatic rings. The molecule has 0 heterocycles. The number of benzene rings is 4. The number of carbonyl (C=O) groups is 2. The van der Waals surface area contributed by atoms with Crippen molar-refractivity contribution in [2.45, 2.75) is 13.8 Å². The quantitative estimate of drug-likeness (QED) is 0.345. The Labute approximate surface area is 187 Å². The van der Waals surface area contributed by atoms with Gasteiger partial charge in [-0.1, -0.05) is 84.9 Å². The number of thioether (sulfide) groups is 1. The first-order chi connectivity index (χ1) is 15.1. The van der Waals surface area contributed by atoms with E-state index in [-0.39, 0.29) is 10.2 Å². The van der Waals surface area contributed by atoms with Gasteiger partial charge in [0.25, 0.3) is 0 Å². The zero-order valence-electron chi connectivity index (χ0n) is 17.5. The van der Waals surface area contributed by atoms with Gasteiger partial charge in [-0.3, -0.25) is 9.59 Å². The van der Waals surface area contributed by atoms with Crippen molar-refractivity contribution in [1.82, 2.24) is 0 Å². The molecule has 2 nitrogen and oxygen atoms in total. The Hall–Kier alpha value is -3.43. The summed E-state index contributed by atoms with van der Waals surface area (Å²) in [6.07, 6.45) is 0. The number of hydrogen-bond acceptors (Lipinski definition) is 3. The molecule has 0 fully saturated rings. The Balaban J connectivity index is 1.70. The summed E-state index contributed by atoms with van der Waals surface area (Å²) < 4.78 is 0. The second-order valence-corrected chi connectivity index (χ2v) is 8.35. The topological polar surface area (TPSA) is 34.1 Å². The predicted octanol–water partition coefficient (Wildman–Crippen LogP) is 7.35. The predicted molar refractivity (Wildman–Crippen MR) is 129 cm³/mol. The van der Waals surface area contributed by atoms with Crippen molar-refractivity contribution < 1.29 is 9.59 Å². The second-order valence-electron chi connectivity index (χ2n) is 7.40. The molecule has 3 heteroatoms. The van der Waals surface area contributed by atoms with Gasteiger partial charge in [-0.05, 0) is 71.1 Å². The van der Waals surface area contributed by atoms with Crippen molar-refractivity contribution >= 4 is 22.0 Å². The van der Waals surface area contributed by atoms with Gasteiger partial charge >= 0.3 is 0 Å². The lowest BCUT2D eigenvalue weighted by Crippen LogP contribution is -2.06. The molecule has 152 valence electrons. The van der Waals surface area contributed by atoms with Crippen LogP contribution in [0.5, 0.6) is 0 Å². The SMILES string of the molecule is Cc1cccc(C(=O)SC(=O)c2cccc(C)c2-c2ccccc2)c1-c1ccccc1. The summed E-state index contributed by atoms with van der Waals surface area (Å²) >= 11 is 0.763. The summed E-state index contributed by atoms with van der Waals surface area (Å²) in [7, 11) is 0. The molecule has 0 radical (unpaired) electrons. The maximum absolute atomic E-state index is 13.2. The van der Waals surface area contributed by atoms with Gasteiger partial charge in [0.15, 0.2) is 0 Å². The number of rotatable bonds is 4. The van der Waals surface area contributed by atoms with Gasteiger partial charge in [0, 0.05) is 11.1 Å². The first-order valence-electron chi connectivity index (χ1n) is 10.1. The van der Waals surface area contributed by atoms with Crippen LogP contribution in [0, 0.1) is 13.8 Å². The monoisotopic (exact) mass is 422 g/mol. The van der Waals surface area contributed by atoms with Gasteiger partial charge in [-0.15, -0.1) is 0 Å². The zero-order chi connectivity index (χ0) is 21.8. The summed E-state index contributed by atoms with van der Waals surface area (Å²) in [5.74, 6) is 0.